The van der Waals surface area contributed by atoms with E-state index in [-0.39, 0.29) is 17.4 Å². The number of piperidine rings is 1. The summed E-state index contributed by atoms with van der Waals surface area (Å²) >= 11 is 0. The van der Waals surface area contributed by atoms with Crippen LogP contribution in [0.15, 0.2) is 18.2 Å². The monoisotopic (exact) mass is 412 g/mol. The van der Waals surface area contributed by atoms with E-state index in [1.165, 1.54) is 42.8 Å². The van der Waals surface area contributed by atoms with Gasteiger partial charge < -0.3 is 14.4 Å². The van der Waals surface area contributed by atoms with Gasteiger partial charge in [-0.3, -0.25) is 14.5 Å². The Balaban J connectivity index is 1.11. The highest BCUT2D eigenvalue weighted by Gasteiger charge is 2.41. The zero-order valence-electron chi connectivity index (χ0n) is 17.7. The largest absolute Gasteiger partial charge is 0.494 e. The van der Waals surface area contributed by atoms with Gasteiger partial charge >= 0.3 is 0 Å². The van der Waals surface area contributed by atoms with E-state index in [9.17, 15) is 9.59 Å². The number of likely N-dealkylation sites (tertiary alicyclic amines) is 2. The molecule has 2 saturated heterocycles. The van der Waals surface area contributed by atoms with E-state index in [1.807, 2.05) is 6.07 Å². The molecule has 0 atom stereocenters. The topological polar surface area (TPSA) is 59.1 Å². The molecule has 1 saturated carbocycles. The molecule has 1 aromatic carbocycles. The number of imide groups is 1. The van der Waals surface area contributed by atoms with E-state index in [4.69, 9.17) is 9.47 Å². The number of aryl methyl sites for hydroxylation is 1. The van der Waals surface area contributed by atoms with Gasteiger partial charge in [0.05, 0.1) is 6.61 Å². The fourth-order valence-corrected chi connectivity index (χ4v) is 5.27. The molecule has 2 amide bonds. The molecule has 0 bridgehead atoms. The van der Waals surface area contributed by atoms with Gasteiger partial charge in [-0.2, -0.15) is 0 Å². The smallest absolute Gasteiger partial charge is 0.229 e. The summed E-state index contributed by atoms with van der Waals surface area (Å²) in [6, 6.07) is 6.96. The molecule has 1 spiro atoms. The first kappa shape index (κ1) is 19.9. The van der Waals surface area contributed by atoms with Crippen molar-refractivity contribution in [2.24, 2.45) is 0 Å². The zero-order valence-corrected chi connectivity index (χ0v) is 17.7. The van der Waals surface area contributed by atoms with Crippen LogP contribution in [0, 0.1) is 0 Å². The van der Waals surface area contributed by atoms with E-state index in [2.05, 4.69) is 17.0 Å². The predicted molar refractivity (Wildman–Crippen MR) is 113 cm³/mol. The molecule has 162 valence electrons. The van der Waals surface area contributed by atoms with Gasteiger partial charge in [-0.1, -0.05) is 6.42 Å². The lowest BCUT2D eigenvalue weighted by Crippen LogP contribution is -2.53. The van der Waals surface area contributed by atoms with Gasteiger partial charge in [0.15, 0.2) is 0 Å². The third-order valence-corrected chi connectivity index (χ3v) is 7.46. The standard InChI is InChI=1S/C24H32N2O4/c27-22-7-8-23(28)26(22)13-2-16-29-20-5-6-21-18(17-20)9-10-24(30-21)11-14-25(15-12-24)19-3-1-4-19/h5-6,17,19H,1-4,7-16H2. The van der Waals surface area contributed by atoms with Crippen LogP contribution in [-0.4, -0.2) is 59.5 Å². The molecule has 0 radical (unpaired) electrons. The average Bonchev–Trinajstić information content (AvgIpc) is 3.04. The molecule has 6 nitrogen and oxygen atoms in total. The number of hydrogen-bond acceptors (Lipinski definition) is 5. The Morgan fingerprint density at radius 2 is 1.80 bits per heavy atom. The second-order valence-electron chi connectivity index (χ2n) is 9.32. The van der Waals surface area contributed by atoms with Crippen LogP contribution in [0.3, 0.4) is 0 Å². The van der Waals surface area contributed by atoms with Crippen LogP contribution in [0.5, 0.6) is 11.5 Å². The number of nitrogens with zero attached hydrogens (tertiary/aromatic N) is 2. The summed E-state index contributed by atoms with van der Waals surface area (Å²) in [7, 11) is 0. The van der Waals surface area contributed by atoms with Gasteiger partial charge in [0.25, 0.3) is 0 Å². The lowest BCUT2D eigenvalue weighted by molar-refractivity contribution is -0.138. The average molecular weight is 413 g/mol. The molecule has 6 heteroatoms. The second kappa shape index (κ2) is 8.22. The molecule has 0 aromatic heterocycles. The van der Waals surface area contributed by atoms with Crippen LogP contribution in [0.4, 0.5) is 0 Å². The Bertz CT molecular complexity index is 795. The van der Waals surface area contributed by atoms with Gasteiger partial charge in [0, 0.05) is 38.5 Å². The van der Waals surface area contributed by atoms with Gasteiger partial charge in [-0.15, -0.1) is 0 Å². The normalized spacial score (nSPS) is 23.9. The van der Waals surface area contributed by atoms with Crippen molar-refractivity contribution in [1.29, 1.82) is 0 Å². The lowest BCUT2D eigenvalue weighted by atomic mass is 9.81. The molecule has 3 fully saturated rings. The van der Waals surface area contributed by atoms with Crippen LogP contribution >= 0.6 is 0 Å². The van der Waals surface area contributed by atoms with Crippen LogP contribution in [-0.2, 0) is 16.0 Å². The first-order chi connectivity index (χ1) is 14.6. The first-order valence-electron chi connectivity index (χ1n) is 11.6. The molecule has 3 heterocycles. The maximum Gasteiger partial charge on any atom is 0.229 e. The Morgan fingerprint density at radius 3 is 2.50 bits per heavy atom. The third-order valence-electron chi connectivity index (χ3n) is 7.46. The minimum Gasteiger partial charge on any atom is -0.494 e. The fraction of sp³-hybridized carbons (Fsp3) is 0.667. The minimum atomic E-state index is -0.0571. The van der Waals surface area contributed by atoms with Gasteiger partial charge in [-0.05, 0) is 68.7 Å². The van der Waals surface area contributed by atoms with Crippen LogP contribution in [0.25, 0.3) is 0 Å². The lowest BCUT2D eigenvalue weighted by Gasteiger charge is -2.48. The number of ether oxygens (including phenoxy) is 2. The van der Waals surface area contributed by atoms with E-state index >= 15 is 0 Å². The summed E-state index contributed by atoms with van der Waals surface area (Å²) in [5.74, 6) is 1.74. The van der Waals surface area contributed by atoms with Crippen molar-refractivity contribution >= 4 is 11.8 Å². The van der Waals surface area contributed by atoms with Gasteiger partial charge in [0.1, 0.15) is 17.1 Å². The number of rotatable bonds is 6. The van der Waals surface area contributed by atoms with E-state index in [0.717, 1.165) is 43.2 Å². The number of carbonyl (C=O) groups is 2. The summed E-state index contributed by atoms with van der Waals surface area (Å²) in [5, 5.41) is 0. The molecule has 4 aliphatic rings. The van der Waals surface area contributed by atoms with Crippen LogP contribution < -0.4 is 9.47 Å². The number of carbonyl (C=O) groups excluding carboxylic acids is 2. The highest BCUT2D eigenvalue weighted by molar-refractivity contribution is 6.01. The number of benzene rings is 1. The van der Waals surface area contributed by atoms with E-state index in [1.54, 1.807) is 0 Å². The van der Waals surface area contributed by atoms with Gasteiger partial charge in [0.2, 0.25) is 11.8 Å². The summed E-state index contributed by atoms with van der Waals surface area (Å²) < 4.78 is 12.4. The highest BCUT2D eigenvalue weighted by Crippen LogP contribution is 2.41. The Morgan fingerprint density at radius 1 is 1.03 bits per heavy atom. The van der Waals surface area contributed by atoms with Crippen LogP contribution in [0.1, 0.15) is 63.4 Å². The minimum absolute atomic E-state index is 0.0183. The first-order valence-corrected chi connectivity index (χ1v) is 11.6. The number of amides is 2. The Kier molecular flexibility index (Phi) is 5.44. The maximum absolute atomic E-state index is 11.7. The molecule has 30 heavy (non-hydrogen) atoms. The van der Waals surface area contributed by atoms with Crippen molar-refractivity contribution in [3.8, 4) is 11.5 Å². The maximum atomic E-state index is 11.7. The Hall–Kier alpha value is -2.08. The molecule has 0 unspecified atom stereocenters. The SMILES string of the molecule is O=C1CCC(=O)N1CCCOc1ccc2c(c1)CCC1(CCN(C3CCC3)CC1)O2. The summed E-state index contributed by atoms with van der Waals surface area (Å²) in [6.07, 6.45) is 9.91. The van der Waals surface area contributed by atoms with Crippen molar-refractivity contribution in [2.75, 3.05) is 26.2 Å². The van der Waals surface area contributed by atoms with Crippen LogP contribution in [0.2, 0.25) is 0 Å². The molecule has 5 rings (SSSR count). The molecule has 1 aliphatic carbocycles. The number of fused-ring (bicyclic) bond motifs is 1. The molecule has 3 aliphatic heterocycles. The highest BCUT2D eigenvalue weighted by atomic mass is 16.5. The molecule has 1 aromatic rings. The predicted octanol–water partition coefficient (Wildman–Crippen LogP) is 3.32. The fourth-order valence-electron chi connectivity index (χ4n) is 5.27. The van der Waals surface area contributed by atoms with Crippen molar-refractivity contribution in [3.63, 3.8) is 0 Å². The molecular formula is C24H32N2O4. The second-order valence-corrected chi connectivity index (χ2v) is 9.32. The van der Waals surface area contributed by atoms with E-state index < -0.39 is 0 Å². The zero-order chi connectivity index (χ0) is 20.6. The van der Waals surface area contributed by atoms with Crippen molar-refractivity contribution < 1.29 is 19.1 Å². The molecular weight excluding hydrogens is 380 g/mol. The summed E-state index contributed by atoms with van der Waals surface area (Å²) in [5.41, 5.74) is 1.24. The van der Waals surface area contributed by atoms with Crippen molar-refractivity contribution in [2.45, 2.75) is 75.9 Å². The number of hydrogen-bond donors (Lipinski definition) is 0. The summed E-state index contributed by atoms with van der Waals surface area (Å²) in [4.78, 5) is 27.3. The third kappa shape index (κ3) is 3.94. The van der Waals surface area contributed by atoms with Gasteiger partial charge in [-0.25, -0.2) is 0 Å². The summed E-state index contributed by atoms with van der Waals surface area (Å²) in [6.45, 7) is 3.29. The van der Waals surface area contributed by atoms with Crippen molar-refractivity contribution in [1.82, 2.24) is 9.80 Å². The quantitative estimate of drug-likeness (QED) is 0.530. The van der Waals surface area contributed by atoms with Crippen molar-refractivity contribution in [3.05, 3.63) is 23.8 Å². The van der Waals surface area contributed by atoms with E-state index in [0.29, 0.717) is 32.4 Å². The Labute approximate surface area is 178 Å². The molecule has 0 N–H and O–H groups in total.